The topological polar surface area (TPSA) is 173 Å². The number of phenolic OH excluding ortho intramolecular Hbond substituents is 1. The number of aromatic hydroxyl groups is 1. The second-order valence-corrected chi connectivity index (χ2v) is 16.9. The third-order valence-corrected chi connectivity index (χ3v) is 11.0. The summed E-state index contributed by atoms with van der Waals surface area (Å²) in [4.78, 5) is -0.645. The Bertz CT molecular complexity index is 1840. The van der Waals surface area contributed by atoms with E-state index in [1.807, 2.05) is 6.07 Å². The summed E-state index contributed by atoms with van der Waals surface area (Å²) in [6.45, 7) is 4.41. The molecule has 0 spiro atoms. The van der Waals surface area contributed by atoms with Crippen LogP contribution in [0.25, 0.3) is 0 Å². The Morgan fingerprint density at radius 2 is 0.965 bits per heavy atom. The predicted octanol–water partition coefficient (Wildman–Crippen LogP) is 10.9. The number of aryl methyl sites for hydroxylation is 2. The van der Waals surface area contributed by atoms with Gasteiger partial charge in [-0.1, -0.05) is 134 Å². The fourth-order valence-corrected chi connectivity index (χ4v) is 7.56. The standard InChI is InChI=1S/2C22H30O5S.Ca/c2*1-2-3-4-5-6-7-8-9-11-18-14-15-21(22(16-18)28(24,25)26)27-20-13-10-12-19(23)17-20;/h2*10,12-17,23H,2-9,11H2,1H3,(H,24,25,26);/q;;+2/p-2. The van der Waals surface area contributed by atoms with Gasteiger partial charge in [-0.3, -0.25) is 4.55 Å². The summed E-state index contributed by atoms with van der Waals surface area (Å²) < 4.78 is 79.2. The van der Waals surface area contributed by atoms with Gasteiger partial charge >= 0.3 is 37.7 Å². The van der Waals surface area contributed by atoms with Crippen molar-refractivity contribution in [2.45, 2.75) is 139 Å². The molecule has 4 aromatic rings. The number of rotatable bonds is 24. The molecule has 4 rings (SSSR count). The molecule has 0 radical (unpaired) electrons. The van der Waals surface area contributed by atoms with E-state index < -0.39 is 20.2 Å². The molecule has 4 aromatic carbocycles. The number of hydrogen-bond acceptors (Lipinski definition) is 9. The van der Waals surface area contributed by atoms with Crippen molar-refractivity contribution in [3.63, 3.8) is 0 Å². The Morgan fingerprint density at radius 1 is 0.544 bits per heavy atom. The van der Waals surface area contributed by atoms with E-state index >= 15 is 0 Å². The molecule has 0 unspecified atom stereocenters. The van der Waals surface area contributed by atoms with Gasteiger partial charge in [-0.05, 0) is 85.3 Å². The number of unbranched alkanes of at least 4 members (excludes halogenated alkanes) is 14. The van der Waals surface area contributed by atoms with Gasteiger partial charge in [-0.2, -0.15) is 8.42 Å². The molecule has 0 amide bonds. The van der Waals surface area contributed by atoms with Crippen LogP contribution in [0.15, 0.2) is 94.7 Å². The van der Waals surface area contributed by atoms with Crippen molar-refractivity contribution >= 4 is 58.0 Å². The average molecular weight is 851 g/mol. The molecule has 13 heteroatoms. The SMILES string of the molecule is CCCCCCCCCCc1ccc(Oc2cccc(O)c2)c(S(=O)(=O)O)c1.CCCCCCCCCCc1ccc(Oc2cccc([O-])c2)c(S(=O)(=O)[O-])c1.[Ca+2]. The Labute approximate surface area is 370 Å². The van der Waals surface area contributed by atoms with E-state index in [2.05, 4.69) is 13.8 Å². The molecular weight excluding hydrogens is 793 g/mol. The first-order valence-corrected chi connectivity index (χ1v) is 22.8. The van der Waals surface area contributed by atoms with Crippen LogP contribution in [0.3, 0.4) is 0 Å². The molecule has 0 atom stereocenters. The summed E-state index contributed by atoms with van der Waals surface area (Å²) in [6.07, 6.45) is 20.6. The fraction of sp³-hybridized carbons (Fsp3) is 0.455. The number of phenols is 1. The maximum atomic E-state index is 11.8. The molecule has 10 nitrogen and oxygen atoms in total. The molecule has 0 heterocycles. The number of ether oxygens (including phenoxy) is 2. The second kappa shape index (κ2) is 27.0. The fourth-order valence-electron chi connectivity index (χ4n) is 6.25. The maximum Gasteiger partial charge on any atom is 2.00 e. The van der Waals surface area contributed by atoms with E-state index in [1.165, 1.54) is 132 Å². The maximum absolute atomic E-state index is 11.8. The molecule has 2 N–H and O–H groups in total. The predicted molar refractivity (Wildman–Crippen MR) is 223 cm³/mol. The first-order chi connectivity index (χ1) is 26.8. The molecule has 0 fully saturated rings. The van der Waals surface area contributed by atoms with Gasteiger partial charge in [-0.25, -0.2) is 8.42 Å². The van der Waals surface area contributed by atoms with Crippen LogP contribution in [-0.2, 0) is 33.1 Å². The molecule has 0 aliphatic rings. The van der Waals surface area contributed by atoms with Gasteiger partial charge in [0.1, 0.15) is 43.8 Å². The first-order valence-electron chi connectivity index (χ1n) is 19.9. The summed E-state index contributed by atoms with van der Waals surface area (Å²) >= 11 is 0. The zero-order valence-corrected chi connectivity index (χ0v) is 37.3. The van der Waals surface area contributed by atoms with Gasteiger partial charge in [0.2, 0.25) is 0 Å². The van der Waals surface area contributed by atoms with Crippen LogP contribution in [0.4, 0.5) is 0 Å². The summed E-state index contributed by atoms with van der Waals surface area (Å²) in [5.41, 5.74) is 1.65. The molecule has 0 bridgehead atoms. The zero-order chi connectivity index (χ0) is 40.8. The molecule has 0 saturated heterocycles. The summed E-state index contributed by atoms with van der Waals surface area (Å²) in [6, 6.07) is 21.2. The van der Waals surface area contributed by atoms with Crippen LogP contribution in [0.2, 0.25) is 0 Å². The van der Waals surface area contributed by atoms with Gasteiger partial charge in [0.15, 0.2) is 0 Å². The zero-order valence-electron chi connectivity index (χ0n) is 33.5. The largest absolute Gasteiger partial charge is 2.00 e. The number of benzene rings is 4. The van der Waals surface area contributed by atoms with E-state index in [0.717, 1.165) is 43.2 Å². The van der Waals surface area contributed by atoms with E-state index in [1.54, 1.807) is 24.3 Å². The van der Waals surface area contributed by atoms with E-state index in [-0.39, 0.29) is 76.3 Å². The van der Waals surface area contributed by atoms with Crippen LogP contribution >= 0.6 is 0 Å². The molecule has 0 aliphatic carbocycles. The summed E-state index contributed by atoms with van der Waals surface area (Å²) in [5.74, 6) is 0.231. The molecule has 308 valence electrons. The van der Waals surface area contributed by atoms with E-state index in [9.17, 15) is 36.2 Å². The third kappa shape index (κ3) is 20.1. The minimum atomic E-state index is -4.69. The smallest absolute Gasteiger partial charge is 0.872 e. The molecular formula is C44H58CaO10S2. The van der Waals surface area contributed by atoms with Crippen LogP contribution in [-0.4, -0.2) is 68.8 Å². The van der Waals surface area contributed by atoms with Crippen molar-refractivity contribution in [2.24, 2.45) is 0 Å². The van der Waals surface area contributed by atoms with E-state index in [0.29, 0.717) is 12.2 Å². The second-order valence-electron chi connectivity index (χ2n) is 14.1. The van der Waals surface area contributed by atoms with Crippen molar-refractivity contribution in [1.29, 1.82) is 0 Å². The quantitative estimate of drug-likeness (QED) is 0.0392. The Hall–Kier alpha value is -2.84. The van der Waals surface area contributed by atoms with Crippen molar-refractivity contribution in [3.05, 3.63) is 96.1 Å². The van der Waals surface area contributed by atoms with Crippen molar-refractivity contribution in [1.82, 2.24) is 0 Å². The molecule has 0 saturated carbocycles. The van der Waals surface area contributed by atoms with Gasteiger partial charge < -0.3 is 24.2 Å². The Morgan fingerprint density at radius 3 is 1.40 bits per heavy atom. The van der Waals surface area contributed by atoms with Crippen molar-refractivity contribution in [2.75, 3.05) is 0 Å². The minimum absolute atomic E-state index is 0. The summed E-state index contributed by atoms with van der Waals surface area (Å²) in [7, 11) is -9.11. The Kier molecular flexibility index (Phi) is 23.8. The van der Waals surface area contributed by atoms with Gasteiger partial charge in [0, 0.05) is 6.07 Å². The molecule has 0 aromatic heterocycles. The summed E-state index contributed by atoms with van der Waals surface area (Å²) in [5, 5.41) is 20.9. The van der Waals surface area contributed by atoms with Crippen LogP contribution in [0, 0.1) is 0 Å². The molecule has 57 heavy (non-hydrogen) atoms. The van der Waals surface area contributed by atoms with Gasteiger partial charge in [0.05, 0.1) is 4.90 Å². The van der Waals surface area contributed by atoms with Crippen molar-refractivity contribution < 1.29 is 45.6 Å². The first kappa shape index (κ1) is 50.3. The number of hydrogen-bond donors (Lipinski definition) is 2. The average Bonchev–Trinajstić information content (AvgIpc) is 3.14. The van der Waals surface area contributed by atoms with Gasteiger partial charge in [-0.15, -0.1) is 5.75 Å². The normalized spacial score (nSPS) is 11.3. The van der Waals surface area contributed by atoms with Crippen LogP contribution in [0.1, 0.15) is 128 Å². The third-order valence-electron chi connectivity index (χ3n) is 9.28. The van der Waals surface area contributed by atoms with Crippen molar-refractivity contribution in [3.8, 4) is 34.5 Å². The molecule has 0 aliphatic heterocycles. The Balaban J connectivity index is 0.000000387. The minimum Gasteiger partial charge on any atom is -0.872 e. The van der Waals surface area contributed by atoms with E-state index in [4.69, 9.17) is 9.47 Å². The van der Waals surface area contributed by atoms with Gasteiger partial charge in [0.25, 0.3) is 10.1 Å². The monoisotopic (exact) mass is 850 g/mol. The van der Waals surface area contributed by atoms with Crippen LogP contribution in [0.5, 0.6) is 34.5 Å². The van der Waals surface area contributed by atoms with Crippen LogP contribution < -0.4 is 14.6 Å².